The summed E-state index contributed by atoms with van der Waals surface area (Å²) in [6.07, 6.45) is 1.51. The Labute approximate surface area is 189 Å². The molecule has 9 nitrogen and oxygen atoms in total. The summed E-state index contributed by atoms with van der Waals surface area (Å²) >= 11 is 11.8. The molecular formula is C19H22Cl2N4O5S. The van der Waals surface area contributed by atoms with Crippen molar-refractivity contribution in [1.29, 1.82) is 0 Å². The van der Waals surface area contributed by atoms with E-state index in [-0.39, 0.29) is 31.1 Å². The molecule has 1 aromatic carbocycles. The van der Waals surface area contributed by atoms with E-state index in [1.54, 1.807) is 18.2 Å². The molecule has 0 unspecified atom stereocenters. The SMILES string of the molecule is Cn1c(CCN2CCCCS2(=O)=O)nc(C(=O)NCc2ccc(Cl)c(Cl)c2)c(O)c1=O. The number of aromatic hydroxyl groups is 1. The van der Waals surface area contributed by atoms with Crippen LogP contribution in [0.5, 0.6) is 5.75 Å². The van der Waals surface area contributed by atoms with Crippen molar-refractivity contribution in [3.8, 4) is 5.75 Å². The first-order valence-electron chi connectivity index (χ1n) is 9.59. The third-order valence-corrected chi connectivity index (χ3v) is 7.75. The first-order chi connectivity index (χ1) is 14.6. The summed E-state index contributed by atoms with van der Waals surface area (Å²) in [4.78, 5) is 29.1. The van der Waals surface area contributed by atoms with E-state index in [4.69, 9.17) is 23.2 Å². The van der Waals surface area contributed by atoms with Gasteiger partial charge in [-0.2, -0.15) is 0 Å². The van der Waals surface area contributed by atoms with Crippen molar-refractivity contribution in [2.24, 2.45) is 7.05 Å². The van der Waals surface area contributed by atoms with Gasteiger partial charge < -0.3 is 10.4 Å². The predicted octanol–water partition coefficient (Wildman–Crippen LogP) is 1.69. The van der Waals surface area contributed by atoms with Crippen molar-refractivity contribution in [3.63, 3.8) is 0 Å². The average Bonchev–Trinajstić information content (AvgIpc) is 2.73. The quantitative estimate of drug-likeness (QED) is 0.637. The van der Waals surface area contributed by atoms with Crippen molar-refractivity contribution in [2.45, 2.75) is 25.8 Å². The normalized spacial score (nSPS) is 16.2. The molecule has 2 heterocycles. The van der Waals surface area contributed by atoms with E-state index in [0.717, 1.165) is 11.0 Å². The lowest BCUT2D eigenvalue weighted by atomic mass is 10.2. The Morgan fingerprint density at radius 2 is 2.00 bits per heavy atom. The van der Waals surface area contributed by atoms with Crippen LogP contribution in [0.4, 0.5) is 0 Å². The van der Waals surface area contributed by atoms with Crippen molar-refractivity contribution < 1.29 is 18.3 Å². The number of benzene rings is 1. The molecule has 12 heteroatoms. The molecule has 1 aliphatic rings. The first-order valence-corrected chi connectivity index (χ1v) is 12.0. The van der Waals surface area contributed by atoms with Crippen LogP contribution in [0.2, 0.25) is 10.0 Å². The van der Waals surface area contributed by atoms with Gasteiger partial charge in [-0.05, 0) is 30.5 Å². The minimum atomic E-state index is -3.33. The van der Waals surface area contributed by atoms with Gasteiger partial charge in [-0.15, -0.1) is 0 Å². The molecule has 2 N–H and O–H groups in total. The number of carbonyl (C=O) groups is 1. The van der Waals surface area contributed by atoms with Gasteiger partial charge in [-0.3, -0.25) is 14.2 Å². The highest BCUT2D eigenvalue weighted by molar-refractivity contribution is 7.89. The van der Waals surface area contributed by atoms with Crippen LogP contribution in [-0.2, 0) is 30.0 Å². The number of amides is 1. The monoisotopic (exact) mass is 488 g/mol. The van der Waals surface area contributed by atoms with Gasteiger partial charge in [0.1, 0.15) is 5.82 Å². The Kier molecular flexibility index (Phi) is 7.25. The minimum Gasteiger partial charge on any atom is -0.501 e. The number of hydrogen-bond acceptors (Lipinski definition) is 6. The zero-order valence-corrected chi connectivity index (χ0v) is 19.1. The fourth-order valence-corrected chi connectivity index (χ4v) is 5.17. The Balaban J connectivity index is 1.77. The topological polar surface area (TPSA) is 122 Å². The molecule has 31 heavy (non-hydrogen) atoms. The second-order valence-corrected chi connectivity index (χ2v) is 10.1. The number of nitrogens with zero attached hydrogens (tertiary/aromatic N) is 3. The van der Waals surface area contributed by atoms with E-state index in [0.29, 0.717) is 28.6 Å². The van der Waals surface area contributed by atoms with Crippen LogP contribution in [0, 0.1) is 0 Å². The van der Waals surface area contributed by atoms with Gasteiger partial charge in [0.05, 0.1) is 15.8 Å². The molecule has 168 valence electrons. The summed E-state index contributed by atoms with van der Waals surface area (Å²) in [5.41, 5.74) is -0.535. The van der Waals surface area contributed by atoms with E-state index in [2.05, 4.69) is 10.3 Å². The molecular weight excluding hydrogens is 467 g/mol. The number of nitrogens with one attached hydrogen (secondary N) is 1. The lowest BCUT2D eigenvalue weighted by Crippen LogP contribution is -2.40. The highest BCUT2D eigenvalue weighted by atomic mass is 35.5. The van der Waals surface area contributed by atoms with Gasteiger partial charge in [0.2, 0.25) is 15.8 Å². The van der Waals surface area contributed by atoms with Gasteiger partial charge in [0.25, 0.3) is 11.5 Å². The Hall–Kier alpha value is -2.14. The van der Waals surface area contributed by atoms with Crippen LogP contribution >= 0.6 is 23.2 Å². The molecule has 1 amide bonds. The first kappa shape index (κ1) is 23.5. The molecule has 0 aliphatic carbocycles. The van der Waals surface area contributed by atoms with Crippen molar-refractivity contribution >= 4 is 39.1 Å². The molecule has 1 aliphatic heterocycles. The van der Waals surface area contributed by atoms with Crippen LogP contribution in [0.3, 0.4) is 0 Å². The molecule has 1 aromatic heterocycles. The summed E-state index contributed by atoms with van der Waals surface area (Å²) in [5.74, 6) is -1.23. The molecule has 0 atom stereocenters. The maximum absolute atomic E-state index is 12.6. The highest BCUT2D eigenvalue weighted by Crippen LogP contribution is 2.22. The summed E-state index contributed by atoms with van der Waals surface area (Å²) in [7, 11) is -1.92. The van der Waals surface area contributed by atoms with E-state index in [1.807, 2.05) is 0 Å². The second kappa shape index (κ2) is 9.56. The largest absolute Gasteiger partial charge is 0.501 e. The lowest BCUT2D eigenvalue weighted by molar-refractivity contribution is 0.0941. The Bertz CT molecular complexity index is 1170. The van der Waals surface area contributed by atoms with E-state index in [9.17, 15) is 23.1 Å². The van der Waals surface area contributed by atoms with Gasteiger partial charge in [-0.25, -0.2) is 17.7 Å². The molecule has 0 bridgehead atoms. The molecule has 0 spiro atoms. The van der Waals surface area contributed by atoms with Crippen LogP contribution in [0.1, 0.15) is 34.7 Å². The lowest BCUT2D eigenvalue weighted by Gasteiger charge is -2.26. The zero-order valence-electron chi connectivity index (χ0n) is 16.8. The average molecular weight is 489 g/mol. The number of halogens is 2. The summed E-state index contributed by atoms with van der Waals surface area (Å²) in [6.45, 7) is 0.622. The molecule has 2 aromatic rings. The van der Waals surface area contributed by atoms with Crippen molar-refractivity contribution in [2.75, 3.05) is 18.8 Å². The maximum Gasteiger partial charge on any atom is 0.296 e. The van der Waals surface area contributed by atoms with Gasteiger partial charge in [0.15, 0.2) is 5.69 Å². The van der Waals surface area contributed by atoms with E-state index < -0.39 is 32.9 Å². The fraction of sp³-hybridized carbons (Fsp3) is 0.421. The third kappa shape index (κ3) is 5.38. The van der Waals surface area contributed by atoms with E-state index in [1.165, 1.54) is 11.4 Å². The van der Waals surface area contributed by atoms with Crippen LogP contribution in [0.25, 0.3) is 0 Å². The zero-order chi connectivity index (χ0) is 22.8. The molecule has 1 fully saturated rings. The molecule has 0 radical (unpaired) electrons. The summed E-state index contributed by atoms with van der Waals surface area (Å²) < 4.78 is 26.8. The van der Waals surface area contributed by atoms with Gasteiger partial charge >= 0.3 is 0 Å². The fourth-order valence-electron chi connectivity index (χ4n) is 3.25. The Morgan fingerprint density at radius 1 is 1.26 bits per heavy atom. The molecule has 0 saturated carbocycles. The molecule has 1 saturated heterocycles. The minimum absolute atomic E-state index is 0.0768. The number of aromatic nitrogens is 2. The number of rotatable bonds is 6. The van der Waals surface area contributed by atoms with Crippen LogP contribution < -0.4 is 10.9 Å². The van der Waals surface area contributed by atoms with Crippen LogP contribution in [0.15, 0.2) is 23.0 Å². The van der Waals surface area contributed by atoms with Crippen molar-refractivity contribution in [1.82, 2.24) is 19.2 Å². The smallest absolute Gasteiger partial charge is 0.296 e. The van der Waals surface area contributed by atoms with Gasteiger partial charge in [0, 0.05) is 33.1 Å². The highest BCUT2D eigenvalue weighted by Gasteiger charge is 2.26. The number of carbonyl (C=O) groups excluding carboxylic acids is 1. The Morgan fingerprint density at radius 3 is 2.68 bits per heavy atom. The standard InChI is InChI=1S/C19H22Cl2N4O5S/c1-24-15(6-8-25-7-2-3-9-31(25,29)30)23-16(17(26)19(24)28)18(27)22-11-12-4-5-13(20)14(21)10-12/h4-5,10,26H,2-3,6-9,11H2,1H3,(H,22,27). The summed E-state index contributed by atoms with van der Waals surface area (Å²) in [5, 5.41) is 13.4. The maximum atomic E-state index is 12.6. The van der Waals surface area contributed by atoms with E-state index >= 15 is 0 Å². The summed E-state index contributed by atoms with van der Waals surface area (Å²) in [6, 6.07) is 4.86. The third-order valence-electron chi connectivity index (χ3n) is 5.05. The van der Waals surface area contributed by atoms with Gasteiger partial charge in [-0.1, -0.05) is 29.3 Å². The number of sulfonamides is 1. The molecule has 3 rings (SSSR count). The van der Waals surface area contributed by atoms with Crippen LogP contribution in [-0.4, -0.2) is 52.1 Å². The predicted molar refractivity (Wildman–Crippen MR) is 117 cm³/mol. The second-order valence-electron chi connectivity index (χ2n) is 7.19. The van der Waals surface area contributed by atoms with Crippen molar-refractivity contribution in [3.05, 3.63) is 55.7 Å². The number of hydrogen-bond donors (Lipinski definition) is 2.